The molecule has 0 saturated heterocycles. The van der Waals surface area contributed by atoms with E-state index in [-0.39, 0.29) is 0 Å². The van der Waals surface area contributed by atoms with E-state index in [1.807, 2.05) is 0 Å². The highest BCUT2D eigenvalue weighted by atomic mass is 15.2. The molecule has 0 radical (unpaired) electrons. The van der Waals surface area contributed by atoms with Gasteiger partial charge in [0, 0.05) is 91.6 Å². The topological polar surface area (TPSA) is 89.1 Å². The Morgan fingerprint density at radius 2 is 0.706 bits per heavy atom. The predicted molar refractivity (Wildman–Crippen MR) is 151 cm³/mol. The molecule has 0 unspecified atom stereocenters. The van der Waals surface area contributed by atoms with Crippen LogP contribution in [0.2, 0.25) is 0 Å². The molecule has 0 bridgehead atoms. The molecule has 0 aromatic rings. The maximum Gasteiger partial charge on any atom is 0.0110 e. The summed E-state index contributed by atoms with van der Waals surface area (Å²) in [5, 5.41) is 7.10. The number of nitrogens with one attached hydrogen (secondary N) is 2. The third kappa shape index (κ3) is 19.9. The lowest BCUT2D eigenvalue weighted by Gasteiger charge is -2.32. The van der Waals surface area contributed by atoms with Gasteiger partial charge in [-0.1, -0.05) is 27.7 Å². The van der Waals surface area contributed by atoms with E-state index in [9.17, 15) is 0 Å². The Balaban J connectivity index is 4.87. The van der Waals surface area contributed by atoms with Gasteiger partial charge < -0.3 is 31.9 Å². The average Bonchev–Trinajstić information content (AvgIpc) is 2.83. The number of hydrogen-bond donors (Lipinski definition) is 4. The van der Waals surface area contributed by atoms with Crippen LogP contribution in [0.1, 0.15) is 53.4 Å². The first kappa shape index (κ1) is 33.7. The van der Waals surface area contributed by atoms with Crippen LogP contribution in [0, 0.1) is 0 Å². The summed E-state index contributed by atoms with van der Waals surface area (Å²) in [4.78, 5) is 10.4. The van der Waals surface area contributed by atoms with Crippen molar-refractivity contribution >= 4 is 0 Å². The zero-order valence-corrected chi connectivity index (χ0v) is 23.5. The molecule has 0 saturated carbocycles. The minimum atomic E-state index is 0.726. The van der Waals surface area contributed by atoms with Crippen LogP contribution >= 0.6 is 0 Å². The average molecular weight is 487 g/mol. The maximum absolute atomic E-state index is 5.92. The Morgan fingerprint density at radius 3 is 1.03 bits per heavy atom. The Morgan fingerprint density at radius 1 is 0.382 bits per heavy atom. The summed E-state index contributed by atoms with van der Waals surface area (Å²) in [6.07, 6.45) is 4.78. The summed E-state index contributed by atoms with van der Waals surface area (Å²) in [7, 11) is 0. The molecule has 0 heterocycles. The Bertz CT molecular complexity index is 367. The lowest BCUT2D eigenvalue weighted by Crippen LogP contribution is -2.46. The molecule has 0 spiro atoms. The minimum Gasteiger partial charge on any atom is -0.329 e. The first-order chi connectivity index (χ1) is 16.6. The minimum absolute atomic E-state index is 0.726. The largest absolute Gasteiger partial charge is 0.329 e. The molecule has 0 rings (SSSR count). The molecule has 0 atom stereocenters. The van der Waals surface area contributed by atoms with Crippen molar-refractivity contribution in [3.05, 3.63) is 0 Å². The van der Waals surface area contributed by atoms with Gasteiger partial charge in [-0.2, -0.15) is 0 Å². The summed E-state index contributed by atoms with van der Waals surface area (Å²) in [5.74, 6) is 0. The Hall–Kier alpha value is -0.320. The number of nitrogens with zero attached hydrogens (tertiary/aromatic N) is 4. The van der Waals surface area contributed by atoms with Crippen molar-refractivity contribution in [2.45, 2.75) is 53.4 Å². The van der Waals surface area contributed by atoms with E-state index in [0.29, 0.717) is 0 Å². The van der Waals surface area contributed by atoms with E-state index in [4.69, 9.17) is 11.5 Å². The summed E-state index contributed by atoms with van der Waals surface area (Å²) >= 11 is 0. The van der Waals surface area contributed by atoms with E-state index in [1.54, 1.807) is 0 Å². The maximum atomic E-state index is 5.92. The summed E-state index contributed by atoms with van der Waals surface area (Å²) in [6.45, 7) is 28.0. The molecule has 206 valence electrons. The van der Waals surface area contributed by atoms with Gasteiger partial charge in [0.25, 0.3) is 0 Å². The van der Waals surface area contributed by atoms with Gasteiger partial charge in [0.15, 0.2) is 0 Å². The van der Waals surface area contributed by atoms with E-state index >= 15 is 0 Å². The van der Waals surface area contributed by atoms with Gasteiger partial charge in [0.1, 0.15) is 0 Å². The van der Waals surface area contributed by atoms with Gasteiger partial charge in [-0.25, -0.2) is 0 Å². The van der Waals surface area contributed by atoms with Gasteiger partial charge >= 0.3 is 0 Å². The van der Waals surface area contributed by atoms with Crippen molar-refractivity contribution in [2.75, 3.05) is 118 Å². The third-order valence-electron chi connectivity index (χ3n) is 6.23. The molecule has 0 fully saturated rings. The molecule has 6 N–H and O–H groups in total. The molecule has 0 aromatic heterocycles. The van der Waals surface area contributed by atoms with Gasteiger partial charge in [-0.15, -0.1) is 0 Å². The van der Waals surface area contributed by atoms with Crippen LogP contribution in [0.25, 0.3) is 0 Å². The first-order valence-electron chi connectivity index (χ1n) is 14.4. The van der Waals surface area contributed by atoms with Crippen LogP contribution in [-0.2, 0) is 0 Å². The number of nitrogens with two attached hydrogens (primary N) is 2. The summed E-state index contributed by atoms with van der Waals surface area (Å²) in [5.41, 5.74) is 11.8. The molecule has 0 amide bonds. The van der Waals surface area contributed by atoms with Crippen molar-refractivity contribution < 1.29 is 0 Å². The zero-order chi connectivity index (χ0) is 25.3. The smallest absolute Gasteiger partial charge is 0.0110 e. The van der Waals surface area contributed by atoms with Crippen molar-refractivity contribution in [3.8, 4) is 0 Å². The van der Waals surface area contributed by atoms with E-state index < -0.39 is 0 Å². The normalized spacial score (nSPS) is 12.2. The predicted octanol–water partition coefficient (Wildman–Crippen LogP) is 0.931. The molecular formula is C26H62N8. The van der Waals surface area contributed by atoms with E-state index in [2.05, 4.69) is 57.9 Å². The van der Waals surface area contributed by atoms with Crippen molar-refractivity contribution in [1.82, 2.24) is 30.2 Å². The van der Waals surface area contributed by atoms with Crippen molar-refractivity contribution in [2.24, 2.45) is 11.5 Å². The quantitative estimate of drug-likeness (QED) is 0.128. The van der Waals surface area contributed by atoms with Crippen molar-refractivity contribution in [3.63, 3.8) is 0 Å². The van der Waals surface area contributed by atoms with Crippen LogP contribution in [0.5, 0.6) is 0 Å². The fourth-order valence-electron chi connectivity index (χ4n) is 4.27. The highest BCUT2D eigenvalue weighted by Crippen LogP contribution is 1.99. The summed E-state index contributed by atoms with van der Waals surface area (Å²) in [6, 6.07) is 0. The molecule has 8 nitrogen and oxygen atoms in total. The highest BCUT2D eigenvalue weighted by Gasteiger charge is 2.13. The van der Waals surface area contributed by atoms with Crippen LogP contribution in [-0.4, -0.2) is 137 Å². The van der Waals surface area contributed by atoms with Gasteiger partial charge in [0.2, 0.25) is 0 Å². The van der Waals surface area contributed by atoms with Crippen molar-refractivity contribution in [1.29, 1.82) is 0 Å². The van der Waals surface area contributed by atoms with Gasteiger partial charge in [-0.05, 0) is 51.9 Å². The van der Waals surface area contributed by atoms with Crippen LogP contribution < -0.4 is 22.1 Å². The zero-order valence-electron chi connectivity index (χ0n) is 23.5. The third-order valence-corrected chi connectivity index (χ3v) is 6.23. The lowest BCUT2D eigenvalue weighted by molar-refractivity contribution is 0.157. The van der Waals surface area contributed by atoms with Crippen LogP contribution in [0.3, 0.4) is 0 Å². The van der Waals surface area contributed by atoms with Gasteiger partial charge in [-0.3, -0.25) is 9.80 Å². The fourth-order valence-corrected chi connectivity index (χ4v) is 4.27. The second kappa shape index (κ2) is 25.8. The second-order valence-corrected chi connectivity index (χ2v) is 9.44. The number of rotatable bonds is 27. The molecule has 0 aliphatic heterocycles. The first-order valence-corrected chi connectivity index (χ1v) is 14.4. The lowest BCUT2D eigenvalue weighted by atomic mass is 10.3. The van der Waals surface area contributed by atoms with Gasteiger partial charge in [0.05, 0.1) is 0 Å². The standard InChI is InChI=1S/C26H62N8/c1-5-11-29-13-19-32(16-8-4)22-25-34(24-21-31(15-7-3)17-9-27)26-23-33(18-10-28)20-14-30-12-6-2/h29-30H,5-28H2,1-4H3. The fraction of sp³-hybridized carbons (Fsp3) is 1.00. The molecule has 8 heteroatoms. The Kier molecular flexibility index (Phi) is 25.5. The molecular weight excluding hydrogens is 424 g/mol. The van der Waals surface area contributed by atoms with Crippen LogP contribution in [0.4, 0.5) is 0 Å². The van der Waals surface area contributed by atoms with Crippen LogP contribution in [0.15, 0.2) is 0 Å². The SMILES string of the molecule is CCCNCCN(CCC)CCN(CCN(CCC)CCN)CCN(CCN)CCNCCC. The summed E-state index contributed by atoms with van der Waals surface area (Å²) < 4.78 is 0. The molecule has 0 aromatic carbocycles. The van der Waals surface area contributed by atoms with E-state index in [1.165, 1.54) is 32.2 Å². The second-order valence-electron chi connectivity index (χ2n) is 9.44. The Labute approximate surface area is 213 Å². The monoisotopic (exact) mass is 487 g/mol. The molecule has 34 heavy (non-hydrogen) atoms. The number of hydrogen-bond acceptors (Lipinski definition) is 8. The molecule has 0 aliphatic carbocycles. The van der Waals surface area contributed by atoms with E-state index in [0.717, 1.165) is 111 Å². The molecule has 0 aliphatic rings. The highest BCUT2D eigenvalue weighted by molar-refractivity contribution is 4.70.